The summed E-state index contributed by atoms with van der Waals surface area (Å²) in [7, 11) is 0. The summed E-state index contributed by atoms with van der Waals surface area (Å²) in [5, 5.41) is 0. The first kappa shape index (κ1) is 14.5. The van der Waals surface area contributed by atoms with Crippen molar-refractivity contribution in [1.29, 1.82) is 0 Å². The summed E-state index contributed by atoms with van der Waals surface area (Å²) < 4.78 is 5.35. The number of carbonyl (C=O) groups is 3. The highest BCUT2D eigenvalue weighted by molar-refractivity contribution is 6.15. The van der Waals surface area contributed by atoms with Gasteiger partial charge in [-0.2, -0.15) is 0 Å². The van der Waals surface area contributed by atoms with E-state index in [1.807, 2.05) is 0 Å². The van der Waals surface area contributed by atoms with Crippen LogP contribution in [-0.4, -0.2) is 47.3 Å². The molecule has 1 saturated carbocycles. The van der Waals surface area contributed by atoms with Crippen LogP contribution in [0.15, 0.2) is 0 Å². The number of Topliss-reactive ketones (excluding diaryl/α,β-unsaturated/α-hetero) is 1. The first-order valence-corrected chi connectivity index (χ1v) is 7.66. The van der Waals surface area contributed by atoms with Gasteiger partial charge < -0.3 is 15.4 Å². The number of nitrogens with two attached hydrogens (primary N) is 1. The van der Waals surface area contributed by atoms with E-state index in [9.17, 15) is 14.4 Å². The maximum Gasteiger partial charge on any atom is 0.254 e. The van der Waals surface area contributed by atoms with Crippen molar-refractivity contribution in [2.24, 2.45) is 11.7 Å². The van der Waals surface area contributed by atoms with E-state index in [0.29, 0.717) is 25.3 Å². The molecule has 2 unspecified atom stereocenters. The van der Waals surface area contributed by atoms with E-state index in [1.54, 1.807) is 6.42 Å². The number of ether oxygens (including phenoxy) is 1. The summed E-state index contributed by atoms with van der Waals surface area (Å²) in [6.07, 6.45) is 6.97. The van der Waals surface area contributed by atoms with Gasteiger partial charge in [-0.25, -0.2) is 0 Å². The van der Waals surface area contributed by atoms with E-state index in [4.69, 9.17) is 10.5 Å². The summed E-state index contributed by atoms with van der Waals surface area (Å²) in [5.74, 6) is -0.871. The average molecular weight is 293 g/mol. The van der Waals surface area contributed by atoms with Crippen LogP contribution in [0.1, 0.15) is 38.5 Å². The van der Waals surface area contributed by atoms with Gasteiger partial charge in [0.1, 0.15) is 6.61 Å². The lowest BCUT2D eigenvalue weighted by Crippen LogP contribution is -2.63. The molecule has 6 nitrogen and oxygen atoms in total. The number of rotatable bonds is 4. The number of amides is 2. The van der Waals surface area contributed by atoms with Gasteiger partial charge in [0.15, 0.2) is 5.78 Å². The Morgan fingerprint density at radius 1 is 1.33 bits per heavy atom. The second-order valence-corrected chi connectivity index (χ2v) is 6.22. The van der Waals surface area contributed by atoms with Crippen LogP contribution in [0.25, 0.3) is 0 Å². The van der Waals surface area contributed by atoms with Crippen LogP contribution in [0, 0.1) is 12.3 Å². The van der Waals surface area contributed by atoms with Crippen molar-refractivity contribution >= 4 is 17.6 Å². The third-order valence-electron chi connectivity index (χ3n) is 5.09. The van der Waals surface area contributed by atoms with E-state index >= 15 is 0 Å². The van der Waals surface area contributed by atoms with E-state index in [0.717, 1.165) is 12.8 Å². The molecular weight excluding hydrogens is 272 g/mol. The third kappa shape index (κ3) is 2.16. The van der Waals surface area contributed by atoms with Gasteiger partial charge in [-0.1, -0.05) is 25.7 Å². The number of likely N-dealkylation sites (tertiary alicyclic amines) is 1. The van der Waals surface area contributed by atoms with E-state index in [2.05, 4.69) is 0 Å². The molecule has 2 N–H and O–H groups in total. The monoisotopic (exact) mass is 293 g/mol. The first-order valence-electron chi connectivity index (χ1n) is 7.66. The topological polar surface area (TPSA) is 89.7 Å². The highest BCUT2D eigenvalue weighted by Gasteiger charge is 2.64. The molecular formula is C15H21N2O4. The highest BCUT2D eigenvalue weighted by atomic mass is 16.5. The Bertz CT molecular complexity index is 472. The zero-order valence-corrected chi connectivity index (χ0v) is 12.0. The van der Waals surface area contributed by atoms with E-state index in [1.165, 1.54) is 17.7 Å². The van der Waals surface area contributed by atoms with Crippen molar-refractivity contribution < 1.29 is 19.1 Å². The van der Waals surface area contributed by atoms with Crippen molar-refractivity contribution in [2.75, 3.05) is 13.2 Å². The van der Waals surface area contributed by atoms with Crippen molar-refractivity contribution in [3.05, 3.63) is 6.42 Å². The molecule has 0 aromatic rings. The minimum atomic E-state index is -1.57. The number of ketones is 1. The van der Waals surface area contributed by atoms with Crippen LogP contribution in [0.2, 0.25) is 0 Å². The largest absolute Gasteiger partial charge is 0.367 e. The van der Waals surface area contributed by atoms with E-state index in [-0.39, 0.29) is 18.3 Å². The molecule has 21 heavy (non-hydrogen) atoms. The van der Waals surface area contributed by atoms with Crippen molar-refractivity contribution in [3.63, 3.8) is 0 Å². The zero-order valence-electron chi connectivity index (χ0n) is 12.0. The SMILES string of the molecule is NC(=O)C12C(=O)COC1CCN2C(=O)[CH]CC1CCCC1. The van der Waals surface area contributed by atoms with Crippen LogP contribution in [-0.2, 0) is 19.1 Å². The van der Waals surface area contributed by atoms with Gasteiger partial charge in [-0.05, 0) is 18.8 Å². The Morgan fingerprint density at radius 3 is 2.71 bits per heavy atom. The normalized spacial score (nSPS) is 32.7. The fourth-order valence-electron chi connectivity index (χ4n) is 3.96. The average Bonchev–Trinajstić information content (AvgIpc) is 3.13. The second-order valence-electron chi connectivity index (χ2n) is 6.22. The lowest BCUT2D eigenvalue weighted by atomic mass is 9.89. The molecule has 0 aromatic carbocycles. The molecule has 2 amide bonds. The lowest BCUT2D eigenvalue weighted by Gasteiger charge is -2.32. The molecule has 6 heteroatoms. The predicted molar refractivity (Wildman–Crippen MR) is 73.9 cm³/mol. The molecule has 1 radical (unpaired) electrons. The Kier molecular flexibility index (Phi) is 3.73. The molecule has 3 rings (SSSR count). The Morgan fingerprint density at radius 2 is 2.05 bits per heavy atom. The van der Waals surface area contributed by atoms with E-state index < -0.39 is 17.6 Å². The number of hydrogen-bond donors (Lipinski definition) is 1. The first-order chi connectivity index (χ1) is 10.1. The minimum absolute atomic E-state index is 0.139. The summed E-state index contributed by atoms with van der Waals surface area (Å²) >= 11 is 0. The molecule has 0 aromatic heterocycles. The summed E-state index contributed by atoms with van der Waals surface area (Å²) in [6, 6.07) is 0. The maximum atomic E-state index is 12.5. The molecule has 3 fully saturated rings. The van der Waals surface area contributed by atoms with Gasteiger partial charge >= 0.3 is 0 Å². The number of nitrogens with zero attached hydrogens (tertiary/aromatic N) is 1. The van der Waals surface area contributed by atoms with Crippen LogP contribution in [0.5, 0.6) is 0 Å². The Labute approximate surface area is 124 Å². The van der Waals surface area contributed by atoms with Crippen LogP contribution in [0.3, 0.4) is 0 Å². The molecule has 115 valence electrons. The van der Waals surface area contributed by atoms with Gasteiger partial charge in [-0.3, -0.25) is 14.4 Å². The van der Waals surface area contributed by atoms with Gasteiger partial charge in [0.2, 0.25) is 11.4 Å². The van der Waals surface area contributed by atoms with Crippen LogP contribution >= 0.6 is 0 Å². The van der Waals surface area contributed by atoms with Gasteiger partial charge in [0.05, 0.1) is 12.5 Å². The third-order valence-corrected chi connectivity index (χ3v) is 5.09. The molecule has 2 atom stereocenters. The van der Waals surface area contributed by atoms with Crippen LogP contribution < -0.4 is 5.73 Å². The molecule has 1 aliphatic carbocycles. The molecule has 0 spiro atoms. The Balaban J connectivity index is 1.72. The molecule has 2 heterocycles. The molecule has 2 aliphatic heterocycles. The van der Waals surface area contributed by atoms with Gasteiger partial charge in [0, 0.05) is 6.54 Å². The zero-order chi connectivity index (χ0) is 15.0. The smallest absolute Gasteiger partial charge is 0.254 e. The fourth-order valence-corrected chi connectivity index (χ4v) is 3.96. The summed E-state index contributed by atoms with van der Waals surface area (Å²) in [6.45, 7) is 0.208. The predicted octanol–water partition coefficient (Wildman–Crippen LogP) is 0.195. The highest BCUT2D eigenvalue weighted by Crippen LogP contribution is 2.38. The number of hydrogen-bond acceptors (Lipinski definition) is 4. The van der Waals surface area contributed by atoms with Gasteiger partial charge in [0.25, 0.3) is 5.91 Å². The summed E-state index contributed by atoms with van der Waals surface area (Å²) in [4.78, 5) is 37.9. The molecule has 3 aliphatic rings. The van der Waals surface area contributed by atoms with Crippen molar-refractivity contribution in [1.82, 2.24) is 4.90 Å². The number of primary amides is 1. The standard InChI is InChI=1S/C15H21N2O4/c16-14(20)15-11(18)9-21-12(15)7-8-17(15)13(19)6-5-10-3-1-2-4-10/h6,10,12H,1-5,7-9H2,(H2,16,20). The molecule has 2 saturated heterocycles. The van der Waals surface area contributed by atoms with Crippen molar-refractivity contribution in [3.8, 4) is 0 Å². The lowest BCUT2D eigenvalue weighted by molar-refractivity contribution is -0.148. The van der Waals surface area contributed by atoms with Gasteiger partial charge in [-0.15, -0.1) is 0 Å². The fraction of sp³-hybridized carbons (Fsp3) is 0.733. The molecule has 0 bridgehead atoms. The maximum absolute atomic E-state index is 12.5. The number of carbonyl (C=O) groups excluding carboxylic acids is 3. The van der Waals surface area contributed by atoms with Crippen LogP contribution in [0.4, 0.5) is 0 Å². The van der Waals surface area contributed by atoms with Crippen molar-refractivity contribution in [2.45, 2.75) is 50.2 Å². The number of fused-ring (bicyclic) bond motifs is 1. The Hall–Kier alpha value is -1.43. The second kappa shape index (κ2) is 5.40. The summed E-state index contributed by atoms with van der Waals surface area (Å²) in [5.41, 5.74) is 3.90. The minimum Gasteiger partial charge on any atom is -0.367 e. The quantitative estimate of drug-likeness (QED) is 0.750.